The van der Waals surface area contributed by atoms with Gasteiger partial charge in [-0.2, -0.15) is 0 Å². The van der Waals surface area contributed by atoms with Gasteiger partial charge in [0.15, 0.2) is 0 Å². The van der Waals surface area contributed by atoms with Crippen molar-refractivity contribution < 1.29 is 4.39 Å². The summed E-state index contributed by atoms with van der Waals surface area (Å²) in [5, 5.41) is 3.58. The van der Waals surface area contributed by atoms with Crippen molar-refractivity contribution in [3.63, 3.8) is 0 Å². The molecule has 3 fully saturated rings. The Morgan fingerprint density at radius 3 is 2.69 bits per heavy atom. The number of nitrogens with one attached hydrogen (secondary N) is 1. The van der Waals surface area contributed by atoms with E-state index >= 15 is 0 Å². The van der Waals surface area contributed by atoms with Gasteiger partial charge in [-0.15, -0.1) is 0 Å². The number of rotatable bonds is 1. The lowest BCUT2D eigenvalue weighted by molar-refractivity contribution is 0.0245. The van der Waals surface area contributed by atoms with Gasteiger partial charge < -0.3 is 5.32 Å². The zero-order chi connectivity index (χ0) is 9.05. The molecule has 74 valence electrons. The van der Waals surface area contributed by atoms with Gasteiger partial charge in [-0.05, 0) is 44.9 Å². The Balaban J connectivity index is 1.87. The van der Waals surface area contributed by atoms with Crippen molar-refractivity contribution in [2.24, 2.45) is 11.8 Å². The summed E-state index contributed by atoms with van der Waals surface area (Å²) in [6, 6.07) is 0.983. The first-order valence-electron chi connectivity index (χ1n) is 5.62. The number of halogens is 1. The predicted octanol–water partition coefficient (Wildman–Crippen LogP) is 2.27. The highest BCUT2D eigenvalue weighted by molar-refractivity contribution is 5.08. The van der Waals surface area contributed by atoms with E-state index in [1.165, 1.54) is 25.7 Å². The molecule has 1 aliphatic carbocycles. The second kappa shape index (κ2) is 2.47. The van der Waals surface area contributed by atoms with E-state index in [4.69, 9.17) is 0 Å². The molecular formula is C11H18FN. The van der Waals surface area contributed by atoms with Crippen LogP contribution in [0.5, 0.6) is 0 Å². The van der Waals surface area contributed by atoms with Gasteiger partial charge in [0.05, 0.1) is 0 Å². The lowest BCUT2D eigenvalue weighted by Crippen LogP contribution is -2.53. The molecule has 0 radical (unpaired) electrons. The topological polar surface area (TPSA) is 12.0 Å². The molecule has 2 bridgehead atoms. The Morgan fingerprint density at radius 1 is 1.23 bits per heavy atom. The Morgan fingerprint density at radius 2 is 2.00 bits per heavy atom. The van der Waals surface area contributed by atoms with Gasteiger partial charge in [0, 0.05) is 18.0 Å². The van der Waals surface area contributed by atoms with Crippen molar-refractivity contribution in [2.75, 3.05) is 0 Å². The van der Waals surface area contributed by atoms with E-state index in [0.717, 1.165) is 6.42 Å². The van der Waals surface area contributed by atoms with Crippen molar-refractivity contribution in [3.05, 3.63) is 0 Å². The third kappa shape index (κ3) is 1.22. The van der Waals surface area contributed by atoms with Crippen LogP contribution in [0.1, 0.15) is 39.0 Å². The van der Waals surface area contributed by atoms with E-state index in [1.54, 1.807) is 0 Å². The van der Waals surface area contributed by atoms with Crippen LogP contribution >= 0.6 is 0 Å². The summed E-state index contributed by atoms with van der Waals surface area (Å²) in [6.45, 7) is 1.84. The lowest BCUT2D eigenvalue weighted by Gasteiger charge is -2.40. The SMILES string of the molecule is CC1(F)CC2CCC(N2)C1C1CC1. The van der Waals surface area contributed by atoms with Gasteiger partial charge in [0.1, 0.15) is 5.67 Å². The van der Waals surface area contributed by atoms with Gasteiger partial charge >= 0.3 is 0 Å². The second-order valence-electron chi connectivity index (χ2n) is 5.39. The van der Waals surface area contributed by atoms with E-state index in [0.29, 0.717) is 23.9 Å². The third-order valence-electron chi connectivity index (χ3n) is 4.18. The third-order valence-corrected chi connectivity index (χ3v) is 4.18. The van der Waals surface area contributed by atoms with Crippen LogP contribution in [0.3, 0.4) is 0 Å². The van der Waals surface area contributed by atoms with E-state index in [-0.39, 0.29) is 0 Å². The fourth-order valence-corrected chi connectivity index (χ4v) is 3.61. The van der Waals surface area contributed by atoms with Crippen LogP contribution < -0.4 is 5.32 Å². The van der Waals surface area contributed by atoms with Crippen LogP contribution in [-0.2, 0) is 0 Å². The average molecular weight is 183 g/mol. The minimum atomic E-state index is -0.877. The minimum absolute atomic E-state index is 0.325. The zero-order valence-electron chi connectivity index (χ0n) is 8.22. The van der Waals surface area contributed by atoms with E-state index < -0.39 is 5.67 Å². The molecule has 2 heteroatoms. The number of piperidine rings is 1. The van der Waals surface area contributed by atoms with Crippen LogP contribution in [-0.4, -0.2) is 17.8 Å². The summed E-state index contributed by atoms with van der Waals surface area (Å²) in [4.78, 5) is 0. The predicted molar refractivity (Wildman–Crippen MR) is 50.3 cm³/mol. The van der Waals surface area contributed by atoms with Gasteiger partial charge in [-0.25, -0.2) is 4.39 Å². The van der Waals surface area contributed by atoms with E-state index in [9.17, 15) is 4.39 Å². The fourth-order valence-electron chi connectivity index (χ4n) is 3.61. The molecule has 1 nitrogen and oxygen atoms in total. The summed E-state index contributed by atoms with van der Waals surface area (Å²) in [6.07, 6.45) is 5.71. The van der Waals surface area contributed by atoms with Crippen molar-refractivity contribution >= 4 is 0 Å². The summed E-state index contributed by atoms with van der Waals surface area (Å²) >= 11 is 0. The highest BCUT2D eigenvalue weighted by Crippen LogP contribution is 2.51. The Hall–Kier alpha value is -0.110. The summed E-state index contributed by atoms with van der Waals surface area (Å²) < 4.78 is 14.3. The molecule has 0 amide bonds. The Labute approximate surface area is 79.1 Å². The highest BCUT2D eigenvalue weighted by Gasteiger charge is 2.54. The van der Waals surface area contributed by atoms with Crippen LogP contribution in [0.25, 0.3) is 0 Å². The summed E-state index contributed by atoms with van der Waals surface area (Å²) in [5.41, 5.74) is -0.877. The first kappa shape index (κ1) is 8.22. The maximum atomic E-state index is 14.3. The number of hydrogen-bond donors (Lipinski definition) is 1. The molecule has 2 aliphatic heterocycles. The van der Waals surface area contributed by atoms with Gasteiger partial charge in [0.25, 0.3) is 0 Å². The quantitative estimate of drug-likeness (QED) is 0.657. The number of hydrogen-bond acceptors (Lipinski definition) is 1. The molecule has 2 heterocycles. The van der Waals surface area contributed by atoms with Crippen molar-refractivity contribution in [3.8, 4) is 0 Å². The molecule has 3 rings (SSSR count). The normalized spacial score (nSPS) is 55.4. The van der Waals surface area contributed by atoms with Crippen LogP contribution in [0.4, 0.5) is 4.39 Å². The van der Waals surface area contributed by atoms with Gasteiger partial charge in [-0.1, -0.05) is 0 Å². The molecule has 0 aromatic rings. The molecule has 0 aromatic heterocycles. The first-order chi connectivity index (χ1) is 6.17. The maximum Gasteiger partial charge on any atom is 0.114 e. The summed E-state index contributed by atoms with van der Waals surface area (Å²) in [5.74, 6) is 1.03. The van der Waals surface area contributed by atoms with Gasteiger partial charge in [0.2, 0.25) is 0 Å². The molecule has 13 heavy (non-hydrogen) atoms. The summed E-state index contributed by atoms with van der Waals surface area (Å²) in [7, 11) is 0. The molecule has 4 atom stereocenters. The highest BCUT2D eigenvalue weighted by atomic mass is 19.1. The first-order valence-corrected chi connectivity index (χ1v) is 5.62. The largest absolute Gasteiger partial charge is 0.311 e. The zero-order valence-corrected chi connectivity index (χ0v) is 8.22. The van der Waals surface area contributed by atoms with E-state index in [1.807, 2.05) is 6.92 Å². The maximum absolute atomic E-state index is 14.3. The monoisotopic (exact) mass is 183 g/mol. The number of fused-ring (bicyclic) bond motifs is 2. The molecule has 3 aliphatic rings. The molecule has 1 N–H and O–H groups in total. The van der Waals surface area contributed by atoms with Crippen LogP contribution in [0.2, 0.25) is 0 Å². The minimum Gasteiger partial charge on any atom is -0.311 e. The molecule has 0 aromatic carbocycles. The van der Waals surface area contributed by atoms with Crippen molar-refractivity contribution in [1.29, 1.82) is 0 Å². The second-order valence-corrected chi connectivity index (χ2v) is 5.39. The number of alkyl halides is 1. The Kier molecular flexibility index (Phi) is 1.56. The van der Waals surface area contributed by atoms with E-state index in [2.05, 4.69) is 5.32 Å². The van der Waals surface area contributed by atoms with Crippen molar-refractivity contribution in [1.82, 2.24) is 5.32 Å². The molecule has 1 saturated carbocycles. The van der Waals surface area contributed by atoms with Crippen molar-refractivity contribution in [2.45, 2.75) is 56.8 Å². The van der Waals surface area contributed by atoms with Crippen LogP contribution in [0, 0.1) is 11.8 Å². The van der Waals surface area contributed by atoms with Gasteiger partial charge in [-0.3, -0.25) is 0 Å². The Bertz CT molecular complexity index is 222. The molecule has 2 saturated heterocycles. The standard InChI is InChI=1S/C11H18FN/c1-11(12)6-8-4-5-9(13-8)10(11)7-2-3-7/h7-10,13H,2-6H2,1H3. The smallest absolute Gasteiger partial charge is 0.114 e. The average Bonchev–Trinajstić information content (AvgIpc) is 2.74. The van der Waals surface area contributed by atoms with Crippen LogP contribution in [0.15, 0.2) is 0 Å². The molecule has 0 spiro atoms. The molecular weight excluding hydrogens is 165 g/mol. The molecule has 4 unspecified atom stereocenters. The lowest BCUT2D eigenvalue weighted by atomic mass is 9.77. The fraction of sp³-hybridized carbons (Fsp3) is 1.00.